The Balaban J connectivity index is 1.26. The summed E-state index contributed by atoms with van der Waals surface area (Å²) in [6.07, 6.45) is 0. The van der Waals surface area contributed by atoms with Crippen LogP contribution in [-0.2, 0) is 10.8 Å². The minimum Gasteiger partial charge on any atom is -0.211 e. The zero-order chi connectivity index (χ0) is 33.7. The minimum absolute atomic E-state index is 0.300. The van der Waals surface area contributed by atoms with E-state index in [9.17, 15) is 0 Å². The molecular formula is C48H31N3. The summed E-state index contributed by atoms with van der Waals surface area (Å²) < 4.78 is 0. The molecule has 0 saturated carbocycles. The third-order valence-corrected chi connectivity index (χ3v) is 11.6. The van der Waals surface area contributed by atoms with Crippen LogP contribution >= 0.6 is 0 Å². The molecule has 0 amide bonds. The van der Waals surface area contributed by atoms with Gasteiger partial charge < -0.3 is 0 Å². The van der Waals surface area contributed by atoms with E-state index < -0.39 is 5.41 Å². The first-order valence-electron chi connectivity index (χ1n) is 17.6. The quantitative estimate of drug-likeness (QED) is 0.179. The third kappa shape index (κ3) is 3.65. The fourth-order valence-electron chi connectivity index (χ4n) is 9.41. The normalized spacial score (nSPS) is 18.5. The molecule has 0 saturated heterocycles. The molecule has 3 nitrogen and oxygen atoms in total. The van der Waals surface area contributed by atoms with Gasteiger partial charge in [-0.3, -0.25) is 0 Å². The Kier molecular flexibility index (Phi) is 5.73. The highest BCUT2D eigenvalue weighted by Crippen LogP contribution is 2.63. The minimum atomic E-state index is -0.734. The molecule has 51 heavy (non-hydrogen) atoms. The first-order valence-corrected chi connectivity index (χ1v) is 17.6. The molecule has 3 aliphatic carbocycles. The summed E-state index contributed by atoms with van der Waals surface area (Å²) >= 11 is 0. The maximum atomic E-state index is 5.57. The lowest BCUT2D eigenvalue weighted by molar-refractivity contribution is 0.514. The predicted molar refractivity (Wildman–Crippen MR) is 207 cm³/mol. The molecule has 1 heterocycles. The molecule has 0 N–H and O–H groups in total. The second-order valence-corrected chi connectivity index (χ2v) is 14.0. The van der Waals surface area contributed by atoms with Crippen LogP contribution in [0.5, 0.6) is 0 Å². The fraction of sp³-hybridized carbons (Fsp3) is 0.0625. The van der Waals surface area contributed by atoms with Crippen LogP contribution in [-0.4, -0.2) is 15.0 Å². The second kappa shape index (κ2) is 10.3. The lowest BCUT2D eigenvalue weighted by Gasteiger charge is -2.54. The molecule has 0 radical (unpaired) electrons. The predicted octanol–water partition coefficient (Wildman–Crippen LogP) is 11.0. The van der Waals surface area contributed by atoms with Crippen molar-refractivity contribution in [3.05, 3.63) is 209 Å². The number of aromatic nitrogens is 3. The first kappa shape index (κ1) is 28.4. The van der Waals surface area contributed by atoms with Crippen molar-refractivity contribution in [1.82, 2.24) is 15.0 Å². The lowest BCUT2D eigenvalue weighted by atomic mass is 9.47. The Hall–Kier alpha value is -6.45. The van der Waals surface area contributed by atoms with Crippen LogP contribution in [0.4, 0.5) is 0 Å². The zero-order valence-corrected chi connectivity index (χ0v) is 28.0. The Morgan fingerprint density at radius 2 is 0.725 bits per heavy atom. The van der Waals surface area contributed by atoms with Gasteiger partial charge in [0.25, 0.3) is 0 Å². The summed E-state index contributed by atoms with van der Waals surface area (Å²) in [4.78, 5) is 16.3. The van der Waals surface area contributed by atoms with E-state index in [1.807, 2.05) is 6.07 Å². The molecule has 12 rings (SSSR count). The van der Waals surface area contributed by atoms with Gasteiger partial charge in [-0.15, -0.1) is 0 Å². The smallest absolute Gasteiger partial charge is 0.163 e. The SMILES string of the molecule is CC12c3ccccc3C(c3nc(-c4ccccc4)nc(-c4ccc5c6ccccc6c6ccccc6c5c4)n3)(c3ccccc31)c1ccccc12. The van der Waals surface area contributed by atoms with Crippen LogP contribution in [0.25, 0.3) is 55.1 Å². The largest absolute Gasteiger partial charge is 0.211 e. The molecule has 0 aliphatic heterocycles. The van der Waals surface area contributed by atoms with Crippen molar-refractivity contribution in [3.8, 4) is 22.8 Å². The van der Waals surface area contributed by atoms with E-state index in [0.717, 1.165) is 17.0 Å². The molecule has 3 heteroatoms. The Bertz CT molecular complexity index is 2740. The van der Waals surface area contributed by atoms with E-state index in [-0.39, 0.29) is 5.41 Å². The summed E-state index contributed by atoms with van der Waals surface area (Å²) in [6.45, 7) is 2.38. The molecular weight excluding hydrogens is 619 g/mol. The number of benzene rings is 8. The van der Waals surface area contributed by atoms with Crippen LogP contribution in [0, 0.1) is 0 Å². The summed E-state index contributed by atoms with van der Waals surface area (Å²) in [5.74, 6) is 2.07. The van der Waals surface area contributed by atoms with Crippen molar-refractivity contribution in [2.24, 2.45) is 0 Å². The van der Waals surface area contributed by atoms with E-state index >= 15 is 0 Å². The summed E-state index contributed by atoms with van der Waals surface area (Å²) in [5, 5.41) is 7.39. The van der Waals surface area contributed by atoms with Gasteiger partial charge in [-0.2, -0.15) is 0 Å². The highest BCUT2D eigenvalue weighted by Gasteiger charge is 2.59. The molecule has 0 unspecified atom stereocenters. The van der Waals surface area contributed by atoms with E-state index in [0.29, 0.717) is 11.6 Å². The third-order valence-electron chi connectivity index (χ3n) is 11.6. The van der Waals surface area contributed by atoms with Crippen molar-refractivity contribution in [1.29, 1.82) is 0 Å². The van der Waals surface area contributed by atoms with Crippen LogP contribution in [0.15, 0.2) is 170 Å². The molecule has 2 bridgehead atoms. The maximum Gasteiger partial charge on any atom is 0.163 e. The molecule has 0 spiro atoms. The van der Waals surface area contributed by atoms with Crippen LogP contribution in [0.2, 0.25) is 0 Å². The van der Waals surface area contributed by atoms with Gasteiger partial charge in [0, 0.05) is 16.5 Å². The van der Waals surface area contributed by atoms with Crippen LogP contribution in [0.3, 0.4) is 0 Å². The summed E-state index contributed by atoms with van der Waals surface area (Å²) in [6, 6.07) is 61.2. The van der Waals surface area contributed by atoms with Gasteiger partial charge in [-0.1, -0.05) is 164 Å². The van der Waals surface area contributed by atoms with Crippen molar-refractivity contribution in [2.45, 2.75) is 17.8 Å². The molecule has 0 atom stereocenters. The van der Waals surface area contributed by atoms with Gasteiger partial charge in [-0.05, 0) is 78.7 Å². The Morgan fingerprint density at radius 1 is 0.333 bits per heavy atom. The molecule has 1 aromatic heterocycles. The van der Waals surface area contributed by atoms with Gasteiger partial charge >= 0.3 is 0 Å². The number of rotatable bonds is 3. The monoisotopic (exact) mass is 649 g/mol. The summed E-state index contributed by atoms with van der Waals surface area (Å²) in [7, 11) is 0. The first-order chi connectivity index (χ1) is 25.2. The standard InChI is InChI=1S/C48H31N3/c1-47-38-21-9-12-24-41(38)48(42-25-13-10-22-39(42)47,43-26-14-11-23-40(43)47)46-50-44(30-15-3-2-4-16-30)49-45(51-46)31-27-28-36-34-19-6-5-17-32(34)33-18-7-8-20-35(33)37(36)29-31/h2-29H,1H3. The van der Waals surface area contributed by atoms with Gasteiger partial charge in [0.05, 0.1) is 0 Å². The second-order valence-electron chi connectivity index (χ2n) is 14.0. The molecule has 0 fully saturated rings. The fourth-order valence-corrected chi connectivity index (χ4v) is 9.41. The van der Waals surface area contributed by atoms with Crippen LogP contribution < -0.4 is 0 Å². The Morgan fingerprint density at radius 3 is 1.24 bits per heavy atom. The van der Waals surface area contributed by atoms with E-state index in [1.165, 1.54) is 65.7 Å². The van der Waals surface area contributed by atoms with Crippen molar-refractivity contribution >= 4 is 32.3 Å². The van der Waals surface area contributed by atoms with Gasteiger partial charge in [0.15, 0.2) is 17.5 Å². The number of hydrogen-bond donors (Lipinski definition) is 0. The van der Waals surface area contributed by atoms with Crippen molar-refractivity contribution in [2.75, 3.05) is 0 Å². The number of nitrogens with zero attached hydrogens (tertiary/aromatic N) is 3. The van der Waals surface area contributed by atoms with Gasteiger partial charge in [0.2, 0.25) is 0 Å². The summed E-state index contributed by atoms with van der Waals surface area (Å²) in [5.41, 5.74) is 8.49. The average molecular weight is 650 g/mol. The molecule has 3 aliphatic rings. The van der Waals surface area contributed by atoms with E-state index in [2.05, 4.69) is 171 Å². The van der Waals surface area contributed by atoms with Gasteiger partial charge in [0.1, 0.15) is 5.41 Å². The molecule has 238 valence electrons. The van der Waals surface area contributed by atoms with Crippen molar-refractivity contribution < 1.29 is 0 Å². The Labute approximate surface area is 296 Å². The zero-order valence-electron chi connectivity index (χ0n) is 28.0. The maximum absolute atomic E-state index is 5.57. The lowest BCUT2D eigenvalue weighted by Crippen LogP contribution is -2.50. The van der Waals surface area contributed by atoms with Crippen molar-refractivity contribution in [3.63, 3.8) is 0 Å². The highest BCUT2D eigenvalue weighted by atomic mass is 15.1. The van der Waals surface area contributed by atoms with Crippen LogP contribution in [0.1, 0.15) is 46.1 Å². The molecule has 8 aromatic carbocycles. The number of fused-ring (bicyclic) bond motifs is 6. The van der Waals surface area contributed by atoms with E-state index in [4.69, 9.17) is 15.0 Å². The average Bonchev–Trinajstić information content (AvgIpc) is 3.21. The molecule has 9 aromatic rings. The van der Waals surface area contributed by atoms with E-state index in [1.54, 1.807) is 0 Å². The topological polar surface area (TPSA) is 38.7 Å². The van der Waals surface area contributed by atoms with Gasteiger partial charge in [-0.25, -0.2) is 15.0 Å². The highest BCUT2D eigenvalue weighted by molar-refractivity contribution is 6.25. The number of hydrogen-bond acceptors (Lipinski definition) is 3.